The van der Waals surface area contributed by atoms with E-state index in [1.807, 2.05) is 37.9 Å². The lowest BCUT2D eigenvalue weighted by Crippen LogP contribution is -2.18. The van der Waals surface area contributed by atoms with Crippen LogP contribution in [0, 0.1) is 24.0 Å². The topological polar surface area (TPSA) is 63.7 Å². The zero-order valence-electron chi connectivity index (χ0n) is 13.4. The van der Waals surface area contributed by atoms with Gasteiger partial charge < -0.3 is 15.0 Å². The first kappa shape index (κ1) is 15.0. The number of nitro groups is 1. The summed E-state index contributed by atoms with van der Waals surface area (Å²) in [6.07, 6.45) is 1.66. The van der Waals surface area contributed by atoms with Crippen molar-refractivity contribution in [1.29, 1.82) is 0 Å². The molecular weight excluding hydrogens is 292 g/mol. The van der Waals surface area contributed by atoms with Crippen LogP contribution < -0.4 is 4.90 Å². The lowest BCUT2D eigenvalue weighted by atomic mass is 10.1. The molecule has 118 valence electrons. The molecule has 6 nitrogen and oxygen atoms in total. The van der Waals surface area contributed by atoms with Crippen molar-refractivity contribution in [2.24, 2.45) is 0 Å². The van der Waals surface area contributed by atoms with Crippen LogP contribution in [0.1, 0.15) is 16.7 Å². The molecule has 0 unspecified atom stereocenters. The summed E-state index contributed by atoms with van der Waals surface area (Å²) >= 11 is 0. The highest BCUT2D eigenvalue weighted by Gasteiger charge is 2.25. The first-order valence-electron chi connectivity index (χ1n) is 7.36. The molecule has 6 heteroatoms. The lowest BCUT2D eigenvalue weighted by molar-refractivity contribution is -0.389. The van der Waals surface area contributed by atoms with Crippen molar-refractivity contribution in [3.8, 4) is 0 Å². The highest BCUT2D eigenvalue weighted by molar-refractivity contribution is 5.63. The fourth-order valence-corrected chi connectivity index (χ4v) is 2.75. The first-order valence-corrected chi connectivity index (χ1v) is 7.36. The molecule has 23 heavy (non-hydrogen) atoms. The average Bonchev–Trinajstić information content (AvgIpc) is 2.89. The predicted octanol–water partition coefficient (Wildman–Crippen LogP) is 3.50. The normalized spacial score (nSPS) is 10.9. The Labute approximate surface area is 134 Å². The van der Waals surface area contributed by atoms with Crippen molar-refractivity contribution in [1.82, 2.24) is 9.38 Å². The first-order chi connectivity index (χ1) is 11.0. The van der Waals surface area contributed by atoms with E-state index >= 15 is 0 Å². The maximum Gasteiger partial charge on any atom is 0.372 e. The highest BCUT2D eigenvalue weighted by atomic mass is 16.6. The second-order valence-electron chi connectivity index (χ2n) is 5.73. The number of rotatable bonds is 4. The molecule has 0 saturated heterocycles. The monoisotopic (exact) mass is 310 g/mol. The van der Waals surface area contributed by atoms with Crippen molar-refractivity contribution in [3.63, 3.8) is 0 Å². The molecule has 0 fully saturated rings. The van der Waals surface area contributed by atoms with Crippen LogP contribution in [-0.2, 0) is 6.54 Å². The van der Waals surface area contributed by atoms with Gasteiger partial charge in [0.15, 0.2) is 0 Å². The maximum absolute atomic E-state index is 11.5. The van der Waals surface area contributed by atoms with Crippen LogP contribution in [0.4, 0.5) is 11.6 Å². The number of imidazole rings is 1. The van der Waals surface area contributed by atoms with Gasteiger partial charge in [0.2, 0.25) is 11.5 Å². The Bertz CT molecular complexity index is 885. The molecule has 0 atom stereocenters. The smallest absolute Gasteiger partial charge is 0.358 e. The van der Waals surface area contributed by atoms with E-state index in [4.69, 9.17) is 0 Å². The van der Waals surface area contributed by atoms with Crippen LogP contribution in [0.2, 0.25) is 0 Å². The van der Waals surface area contributed by atoms with E-state index in [-0.39, 0.29) is 10.7 Å². The molecule has 0 amide bonds. The number of pyridine rings is 1. The second-order valence-corrected chi connectivity index (χ2v) is 5.73. The Morgan fingerprint density at radius 1 is 1.26 bits per heavy atom. The van der Waals surface area contributed by atoms with E-state index in [1.165, 1.54) is 15.5 Å². The van der Waals surface area contributed by atoms with E-state index in [1.54, 1.807) is 18.3 Å². The quantitative estimate of drug-likeness (QED) is 0.546. The summed E-state index contributed by atoms with van der Waals surface area (Å²) in [5, 5.41) is 11.5. The summed E-state index contributed by atoms with van der Waals surface area (Å²) in [7, 11) is 1.83. The molecule has 0 N–H and O–H groups in total. The minimum atomic E-state index is -0.381. The number of anilines is 1. The number of nitrogens with zero attached hydrogens (tertiary/aromatic N) is 4. The molecule has 0 spiro atoms. The van der Waals surface area contributed by atoms with Crippen LogP contribution in [0.5, 0.6) is 0 Å². The molecule has 3 aromatic rings. The molecule has 0 aliphatic heterocycles. The van der Waals surface area contributed by atoms with Gasteiger partial charge in [-0.05, 0) is 36.0 Å². The third-order valence-corrected chi connectivity index (χ3v) is 3.93. The lowest BCUT2D eigenvalue weighted by Gasteiger charge is -2.17. The van der Waals surface area contributed by atoms with Crippen LogP contribution in [0.3, 0.4) is 0 Å². The zero-order valence-corrected chi connectivity index (χ0v) is 13.4. The van der Waals surface area contributed by atoms with E-state index in [9.17, 15) is 10.1 Å². The number of aromatic nitrogens is 2. The summed E-state index contributed by atoms with van der Waals surface area (Å²) < 4.78 is 1.51. The third kappa shape index (κ3) is 2.75. The number of fused-ring (bicyclic) bond motifs is 1. The Morgan fingerprint density at radius 3 is 2.74 bits per heavy atom. The zero-order chi connectivity index (χ0) is 16.6. The van der Waals surface area contributed by atoms with Crippen LogP contribution in [0.15, 0.2) is 42.6 Å². The third-order valence-electron chi connectivity index (χ3n) is 3.93. The van der Waals surface area contributed by atoms with Crippen LogP contribution in [0.25, 0.3) is 5.65 Å². The minimum Gasteiger partial charge on any atom is -0.358 e. The summed E-state index contributed by atoms with van der Waals surface area (Å²) in [5.41, 5.74) is 4.07. The van der Waals surface area contributed by atoms with E-state index in [0.29, 0.717) is 18.0 Å². The Balaban J connectivity index is 2.02. The fourth-order valence-electron chi connectivity index (χ4n) is 2.75. The molecule has 1 aromatic carbocycles. The van der Waals surface area contributed by atoms with Gasteiger partial charge in [0, 0.05) is 19.7 Å². The molecule has 0 aliphatic carbocycles. The molecule has 0 bridgehead atoms. The van der Waals surface area contributed by atoms with Crippen molar-refractivity contribution in [2.45, 2.75) is 20.4 Å². The fraction of sp³-hybridized carbons (Fsp3) is 0.235. The SMILES string of the molecule is Cc1ccc(CN(C)c2nc3ccccn3c2[N+](=O)[O-])c(C)c1. The average molecular weight is 310 g/mol. The molecule has 0 aliphatic rings. The minimum absolute atomic E-state index is 0.00661. The molecule has 2 heterocycles. The van der Waals surface area contributed by atoms with Gasteiger partial charge in [-0.15, -0.1) is 0 Å². The van der Waals surface area contributed by atoms with Gasteiger partial charge >= 0.3 is 5.82 Å². The van der Waals surface area contributed by atoms with Gasteiger partial charge in [-0.1, -0.05) is 29.8 Å². The Kier molecular flexibility index (Phi) is 3.73. The number of benzene rings is 1. The van der Waals surface area contributed by atoms with Gasteiger partial charge in [0.05, 0.1) is 6.20 Å². The molecular formula is C17H18N4O2. The number of hydrogen-bond donors (Lipinski definition) is 0. The van der Waals surface area contributed by atoms with Gasteiger partial charge in [-0.3, -0.25) is 0 Å². The molecule has 0 saturated carbocycles. The highest BCUT2D eigenvalue weighted by Crippen LogP contribution is 2.29. The summed E-state index contributed by atoms with van der Waals surface area (Å²) in [6.45, 7) is 4.67. The van der Waals surface area contributed by atoms with Crippen molar-refractivity contribution < 1.29 is 4.92 Å². The predicted molar refractivity (Wildman–Crippen MR) is 89.9 cm³/mol. The Hall–Kier alpha value is -2.89. The van der Waals surface area contributed by atoms with Gasteiger partial charge in [-0.25, -0.2) is 0 Å². The van der Waals surface area contributed by atoms with E-state index in [0.717, 1.165) is 5.56 Å². The maximum atomic E-state index is 11.5. The largest absolute Gasteiger partial charge is 0.372 e. The summed E-state index contributed by atoms with van der Waals surface area (Å²) in [6, 6.07) is 11.6. The second kappa shape index (κ2) is 5.72. The standard InChI is InChI=1S/C17H18N4O2/c1-12-7-8-14(13(2)10-12)11-19(3)16-17(21(22)23)20-9-5-4-6-15(20)18-16/h4-10H,11H2,1-3H3. The molecule has 0 radical (unpaired) electrons. The van der Waals surface area contributed by atoms with Crippen LogP contribution in [-0.4, -0.2) is 21.4 Å². The van der Waals surface area contributed by atoms with Crippen LogP contribution >= 0.6 is 0 Å². The molecule has 2 aromatic heterocycles. The van der Waals surface area contributed by atoms with Crippen molar-refractivity contribution >= 4 is 17.3 Å². The van der Waals surface area contributed by atoms with E-state index < -0.39 is 0 Å². The van der Waals surface area contributed by atoms with Crippen molar-refractivity contribution in [3.05, 3.63) is 69.4 Å². The van der Waals surface area contributed by atoms with Crippen molar-refractivity contribution in [2.75, 3.05) is 11.9 Å². The van der Waals surface area contributed by atoms with Gasteiger partial charge in [0.1, 0.15) is 0 Å². The van der Waals surface area contributed by atoms with Gasteiger partial charge in [0.25, 0.3) is 0 Å². The Morgan fingerprint density at radius 2 is 2.04 bits per heavy atom. The summed E-state index contributed by atoms with van der Waals surface area (Å²) in [4.78, 5) is 17.3. The van der Waals surface area contributed by atoms with E-state index in [2.05, 4.69) is 17.1 Å². The summed E-state index contributed by atoms with van der Waals surface area (Å²) in [5.74, 6) is 0.369. The number of hydrogen-bond acceptors (Lipinski definition) is 4. The van der Waals surface area contributed by atoms with Gasteiger partial charge in [-0.2, -0.15) is 9.38 Å². The number of aryl methyl sites for hydroxylation is 2. The molecule has 3 rings (SSSR count).